The Bertz CT molecular complexity index is 512. The van der Waals surface area contributed by atoms with Gasteiger partial charge in [0.1, 0.15) is 11.5 Å². The van der Waals surface area contributed by atoms with E-state index in [2.05, 4.69) is 21.1 Å². The normalized spacial score (nSPS) is 20.2. The van der Waals surface area contributed by atoms with E-state index < -0.39 is 0 Å². The Morgan fingerprint density at radius 3 is 3.12 bits per heavy atom. The van der Waals surface area contributed by atoms with Crippen molar-refractivity contribution in [1.29, 1.82) is 0 Å². The molecular formula is C10H10ClN4OW-. The molecule has 7 heteroatoms. The molecule has 1 unspecified atom stereocenters. The van der Waals surface area contributed by atoms with E-state index in [9.17, 15) is 0 Å². The van der Waals surface area contributed by atoms with Crippen LogP contribution in [-0.4, -0.2) is 26.1 Å². The number of hydrogen-bond acceptors (Lipinski definition) is 4. The van der Waals surface area contributed by atoms with Gasteiger partial charge < -0.3 is 19.3 Å². The number of nitrogens with zero attached hydrogens (tertiary/aromatic N) is 4. The van der Waals surface area contributed by atoms with Gasteiger partial charge >= 0.3 is 0 Å². The number of halogens is 1. The van der Waals surface area contributed by atoms with Crippen LogP contribution in [0.25, 0.3) is 11.2 Å². The maximum absolute atomic E-state index is 5.75. The van der Waals surface area contributed by atoms with E-state index >= 15 is 0 Å². The van der Waals surface area contributed by atoms with Crippen molar-refractivity contribution >= 4 is 22.8 Å². The Balaban J connectivity index is 0.00000108. The third-order valence-corrected chi connectivity index (χ3v) is 2.85. The monoisotopic (exact) mass is 421 g/mol. The molecule has 1 aliphatic rings. The van der Waals surface area contributed by atoms with Crippen molar-refractivity contribution in [2.75, 3.05) is 6.61 Å². The second-order valence-electron chi connectivity index (χ2n) is 3.75. The second-order valence-corrected chi connectivity index (χ2v) is 4.09. The van der Waals surface area contributed by atoms with Gasteiger partial charge in [-0.15, -0.1) is 11.6 Å². The Morgan fingerprint density at radius 1 is 1.47 bits per heavy atom. The van der Waals surface area contributed by atoms with Crippen molar-refractivity contribution in [3.05, 3.63) is 17.8 Å². The summed E-state index contributed by atoms with van der Waals surface area (Å²) >= 11 is 5.75. The quantitative estimate of drug-likeness (QED) is 0.522. The van der Waals surface area contributed by atoms with Crippen molar-refractivity contribution < 1.29 is 25.8 Å². The molecule has 1 fully saturated rings. The SMILES string of the molecule is Clc1n[c-]c2ncn(C3CCCCO3)c2n1.[W]. The minimum Gasteiger partial charge on any atom is -0.359 e. The fraction of sp³-hybridized carbons (Fsp3) is 0.500. The van der Waals surface area contributed by atoms with Crippen molar-refractivity contribution in [3.8, 4) is 0 Å². The first kappa shape index (κ1) is 12.9. The fourth-order valence-electron chi connectivity index (χ4n) is 1.91. The molecule has 0 bridgehead atoms. The number of ether oxygens (including phenoxy) is 1. The van der Waals surface area contributed by atoms with Gasteiger partial charge in [-0.25, -0.2) is 0 Å². The Kier molecular flexibility index (Phi) is 4.12. The number of rotatable bonds is 1. The van der Waals surface area contributed by atoms with Crippen LogP contribution in [-0.2, 0) is 25.8 Å². The molecule has 5 nitrogen and oxygen atoms in total. The number of aromatic nitrogens is 4. The summed E-state index contributed by atoms with van der Waals surface area (Å²) in [6.45, 7) is 0.785. The summed E-state index contributed by atoms with van der Waals surface area (Å²) in [5.74, 6) is 0. The zero-order valence-electron chi connectivity index (χ0n) is 8.97. The van der Waals surface area contributed by atoms with Crippen LogP contribution in [0, 0.1) is 6.20 Å². The molecule has 17 heavy (non-hydrogen) atoms. The van der Waals surface area contributed by atoms with Gasteiger partial charge in [0.25, 0.3) is 0 Å². The molecule has 3 heterocycles. The van der Waals surface area contributed by atoms with Gasteiger partial charge in [-0.1, -0.05) is 0 Å². The van der Waals surface area contributed by atoms with Gasteiger partial charge in [0.2, 0.25) is 0 Å². The third kappa shape index (κ3) is 2.51. The van der Waals surface area contributed by atoms with Crippen LogP contribution in [0.1, 0.15) is 25.5 Å². The van der Waals surface area contributed by atoms with Crippen LogP contribution in [0.4, 0.5) is 0 Å². The molecule has 1 atom stereocenters. The van der Waals surface area contributed by atoms with Gasteiger partial charge in [0.05, 0.1) is 12.0 Å². The molecule has 90 valence electrons. The van der Waals surface area contributed by atoms with E-state index in [1.165, 1.54) is 0 Å². The van der Waals surface area contributed by atoms with E-state index in [1.807, 2.05) is 4.57 Å². The number of fused-ring (bicyclic) bond motifs is 1. The van der Waals surface area contributed by atoms with Crippen LogP contribution in [0.15, 0.2) is 6.33 Å². The second kappa shape index (κ2) is 5.42. The smallest absolute Gasteiger partial charge is 0.125 e. The summed E-state index contributed by atoms with van der Waals surface area (Å²) in [6.07, 6.45) is 7.72. The summed E-state index contributed by atoms with van der Waals surface area (Å²) in [6, 6.07) is 0. The molecule has 0 aliphatic carbocycles. The van der Waals surface area contributed by atoms with Crippen LogP contribution in [0.2, 0.25) is 5.28 Å². The molecule has 0 spiro atoms. The first-order valence-electron chi connectivity index (χ1n) is 5.24. The number of imidazole rings is 1. The molecule has 0 aromatic carbocycles. The van der Waals surface area contributed by atoms with Crippen molar-refractivity contribution in [2.45, 2.75) is 25.5 Å². The standard InChI is InChI=1S/C10H10ClN4O.W/c11-10-12-5-7-9(14-10)15(6-13-7)8-3-1-2-4-16-8;/h6,8H,1-4H2;/q-1;. The Hall–Kier alpha value is -0.512. The van der Waals surface area contributed by atoms with E-state index in [0.29, 0.717) is 11.2 Å². The first-order valence-corrected chi connectivity index (χ1v) is 5.62. The summed E-state index contributed by atoms with van der Waals surface area (Å²) < 4.78 is 7.58. The average Bonchev–Trinajstić information content (AvgIpc) is 2.73. The van der Waals surface area contributed by atoms with Gasteiger partial charge in [0, 0.05) is 33.2 Å². The van der Waals surface area contributed by atoms with E-state index in [-0.39, 0.29) is 32.6 Å². The van der Waals surface area contributed by atoms with Crippen LogP contribution >= 0.6 is 11.6 Å². The van der Waals surface area contributed by atoms with Crippen LogP contribution in [0.3, 0.4) is 0 Å². The largest absolute Gasteiger partial charge is 0.359 e. The molecule has 2 aromatic heterocycles. The Labute approximate surface area is 118 Å². The molecule has 0 N–H and O–H groups in total. The van der Waals surface area contributed by atoms with Crippen LogP contribution < -0.4 is 0 Å². The maximum Gasteiger partial charge on any atom is 0.125 e. The summed E-state index contributed by atoms with van der Waals surface area (Å²) in [5.41, 5.74) is 1.31. The first-order chi connectivity index (χ1) is 7.84. The fourth-order valence-corrected chi connectivity index (χ4v) is 2.03. The van der Waals surface area contributed by atoms with Crippen molar-refractivity contribution in [3.63, 3.8) is 0 Å². The van der Waals surface area contributed by atoms with Crippen molar-refractivity contribution in [2.24, 2.45) is 0 Å². The molecule has 1 saturated heterocycles. The maximum atomic E-state index is 5.75. The summed E-state index contributed by atoms with van der Waals surface area (Å²) in [7, 11) is 0. The molecule has 2 aromatic rings. The molecule has 0 saturated carbocycles. The predicted octanol–water partition coefficient (Wildman–Crippen LogP) is 1.98. The van der Waals surface area contributed by atoms with Crippen LogP contribution in [0.5, 0.6) is 0 Å². The molecule has 1 aliphatic heterocycles. The molecule has 3 rings (SSSR count). The van der Waals surface area contributed by atoms with E-state index in [1.54, 1.807) is 6.33 Å². The molecular weight excluding hydrogens is 411 g/mol. The minimum atomic E-state index is 0. The third-order valence-electron chi connectivity index (χ3n) is 2.69. The number of hydrogen-bond donors (Lipinski definition) is 0. The van der Waals surface area contributed by atoms with Gasteiger partial charge in [0.15, 0.2) is 0 Å². The van der Waals surface area contributed by atoms with Gasteiger partial charge in [-0.2, -0.15) is 0 Å². The van der Waals surface area contributed by atoms with E-state index in [4.69, 9.17) is 16.3 Å². The summed E-state index contributed by atoms with van der Waals surface area (Å²) in [5, 5.41) is 0.185. The topological polar surface area (TPSA) is 52.8 Å². The average molecular weight is 422 g/mol. The zero-order chi connectivity index (χ0) is 11.0. The molecule has 0 amide bonds. The predicted molar refractivity (Wildman–Crippen MR) is 58.0 cm³/mol. The van der Waals surface area contributed by atoms with E-state index in [0.717, 1.165) is 25.9 Å². The van der Waals surface area contributed by atoms with Gasteiger partial charge in [-0.3, -0.25) is 4.98 Å². The van der Waals surface area contributed by atoms with Gasteiger partial charge in [-0.05, 0) is 25.5 Å². The molecule has 0 radical (unpaired) electrons. The minimum absolute atomic E-state index is 0. The van der Waals surface area contributed by atoms with Crippen molar-refractivity contribution in [1.82, 2.24) is 19.5 Å². The zero-order valence-corrected chi connectivity index (χ0v) is 12.7. The summed E-state index contributed by atoms with van der Waals surface area (Å²) in [4.78, 5) is 12.1. The Morgan fingerprint density at radius 2 is 2.35 bits per heavy atom.